The molecule has 100 valence electrons. The molecular formula is C13H20N2O2S. The quantitative estimate of drug-likeness (QED) is 0.886. The van der Waals surface area contributed by atoms with Gasteiger partial charge in [-0.15, -0.1) is 11.3 Å². The van der Waals surface area contributed by atoms with Gasteiger partial charge in [0.2, 0.25) is 0 Å². The van der Waals surface area contributed by atoms with Crippen LogP contribution in [-0.2, 0) is 4.79 Å². The normalized spacial score (nSPS) is 19.8. The Morgan fingerprint density at radius 1 is 1.44 bits per heavy atom. The van der Waals surface area contributed by atoms with E-state index in [2.05, 4.69) is 34.2 Å². The van der Waals surface area contributed by atoms with Crippen molar-refractivity contribution in [3.8, 4) is 0 Å². The van der Waals surface area contributed by atoms with Crippen LogP contribution in [0.5, 0.6) is 0 Å². The van der Waals surface area contributed by atoms with Gasteiger partial charge in [0, 0.05) is 43.6 Å². The molecule has 5 heteroatoms. The van der Waals surface area contributed by atoms with E-state index in [1.54, 1.807) is 11.3 Å². The molecule has 0 aromatic carbocycles. The molecule has 0 spiro atoms. The first-order valence-corrected chi connectivity index (χ1v) is 7.26. The molecule has 1 aliphatic heterocycles. The van der Waals surface area contributed by atoms with E-state index in [1.165, 1.54) is 4.88 Å². The monoisotopic (exact) mass is 268 g/mol. The summed E-state index contributed by atoms with van der Waals surface area (Å²) in [5.74, 6) is -0.704. The van der Waals surface area contributed by atoms with E-state index < -0.39 is 5.97 Å². The summed E-state index contributed by atoms with van der Waals surface area (Å²) in [6.45, 7) is 6.93. The lowest BCUT2D eigenvalue weighted by molar-refractivity contribution is -0.137. The van der Waals surface area contributed by atoms with Gasteiger partial charge in [-0.05, 0) is 18.4 Å². The first-order chi connectivity index (χ1) is 8.66. The maximum Gasteiger partial charge on any atom is 0.304 e. The van der Waals surface area contributed by atoms with Crippen molar-refractivity contribution in [1.29, 1.82) is 0 Å². The second kappa shape index (κ2) is 6.31. The number of hydrogen-bond acceptors (Lipinski definition) is 4. The summed E-state index contributed by atoms with van der Waals surface area (Å²) in [5, 5.41) is 10.8. The fourth-order valence-electron chi connectivity index (χ4n) is 2.34. The van der Waals surface area contributed by atoms with E-state index in [4.69, 9.17) is 5.11 Å². The third-order valence-corrected chi connectivity index (χ3v) is 4.59. The van der Waals surface area contributed by atoms with Crippen molar-refractivity contribution >= 4 is 17.3 Å². The molecule has 1 fully saturated rings. The standard InChI is InChI=1S/C13H20N2O2S/c1-11(12-3-2-10-18-12)15-8-6-14(7-9-15)5-4-13(16)17/h2-3,10-11H,4-9H2,1H3,(H,16,17). The molecule has 0 radical (unpaired) electrons. The Hall–Kier alpha value is -0.910. The van der Waals surface area contributed by atoms with Crippen LogP contribution in [0, 0.1) is 0 Å². The van der Waals surface area contributed by atoms with Crippen LogP contribution in [0.4, 0.5) is 0 Å². The van der Waals surface area contributed by atoms with Gasteiger partial charge in [-0.1, -0.05) is 6.07 Å². The fourth-order valence-corrected chi connectivity index (χ4v) is 3.15. The van der Waals surface area contributed by atoms with Gasteiger partial charge in [0.1, 0.15) is 0 Å². The molecule has 1 saturated heterocycles. The average molecular weight is 268 g/mol. The Labute approximate surface area is 112 Å². The van der Waals surface area contributed by atoms with E-state index in [9.17, 15) is 4.79 Å². The van der Waals surface area contributed by atoms with Crippen LogP contribution in [0.1, 0.15) is 24.3 Å². The minimum absolute atomic E-state index is 0.250. The van der Waals surface area contributed by atoms with E-state index in [1.807, 2.05) is 0 Å². The maximum atomic E-state index is 10.5. The predicted molar refractivity (Wildman–Crippen MR) is 73.0 cm³/mol. The number of carboxylic acid groups (broad SMARTS) is 1. The molecule has 0 saturated carbocycles. The summed E-state index contributed by atoms with van der Waals surface area (Å²) in [6.07, 6.45) is 0.250. The Balaban J connectivity index is 1.78. The maximum absolute atomic E-state index is 10.5. The number of aliphatic carboxylic acids is 1. The van der Waals surface area contributed by atoms with Gasteiger partial charge in [-0.25, -0.2) is 0 Å². The Bertz CT molecular complexity index is 372. The number of piperazine rings is 1. The highest BCUT2D eigenvalue weighted by Crippen LogP contribution is 2.25. The highest BCUT2D eigenvalue weighted by Gasteiger charge is 2.22. The van der Waals surface area contributed by atoms with Gasteiger partial charge < -0.3 is 10.0 Å². The third kappa shape index (κ3) is 3.54. The van der Waals surface area contributed by atoms with Gasteiger partial charge in [0.05, 0.1) is 6.42 Å². The number of carbonyl (C=O) groups is 1. The van der Waals surface area contributed by atoms with Gasteiger partial charge in [0.15, 0.2) is 0 Å². The Kier molecular flexibility index (Phi) is 4.74. The van der Waals surface area contributed by atoms with Crippen molar-refractivity contribution in [1.82, 2.24) is 9.80 Å². The summed E-state index contributed by atoms with van der Waals surface area (Å²) in [4.78, 5) is 16.7. The average Bonchev–Trinajstić information content (AvgIpc) is 2.90. The summed E-state index contributed by atoms with van der Waals surface area (Å²) in [5.41, 5.74) is 0. The molecule has 2 heterocycles. The van der Waals surface area contributed by atoms with Gasteiger partial charge in [-0.2, -0.15) is 0 Å². The summed E-state index contributed by atoms with van der Waals surface area (Å²) < 4.78 is 0. The van der Waals surface area contributed by atoms with E-state index >= 15 is 0 Å². The lowest BCUT2D eigenvalue weighted by Crippen LogP contribution is -2.47. The van der Waals surface area contributed by atoms with Crippen molar-refractivity contribution in [2.24, 2.45) is 0 Å². The van der Waals surface area contributed by atoms with Gasteiger partial charge in [0.25, 0.3) is 0 Å². The van der Waals surface area contributed by atoms with Crippen LogP contribution >= 0.6 is 11.3 Å². The second-order valence-electron chi connectivity index (χ2n) is 4.71. The minimum atomic E-state index is -0.704. The molecule has 0 aliphatic carbocycles. The Morgan fingerprint density at radius 3 is 2.72 bits per heavy atom. The van der Waals surface area contributed by atoms with Crippen molar-refractivity contribution in [3.63, 3.8) is 0 Å². The van der Waals surface area contributed by atoms with Gasteiger partial charge >= 0.3 is 5.97 Å². The second-order valence-corrected chi connectivity index (χ2v) is 5.69. The topological polar surface area (TPSA) is 43.8 Å². The van der Waals surface area contributed by atoms with E-state index in [-0.39, 0.29) is 6.42 Å². The molecule has 1 atom stereocenters. The summed E-state index contributed by atoms with van der Waals surface area (Å²) in [6, 6.07) is 4.76. The number of carboxylic acids is 1. The first-order valence-electron chi connectivity index (χ1n) is 6.38. The Morgan fingerprint density at radius 2 is 2.17 bits per heavy atom. The largest absolute Gasteiger partial charge is 0.481 e. The molecule has 4 nitrogen and oxygen atoms in total. The van der Waals surface area contributed by atoms with Crippen LogP contribution in [0.15, 0.2) is 17.5 Å². The number of rotatable bonds is 5. The minimum Gasteiger partial charge on any atom is -0.481 e. The lowest BCUT2D eigenvalue weighted by atomic mass is 10.2. The van der Waals surface area contributed by atoms with Crippen molar-refractivity contribution in [2.75, 3.05) is 32.7 Å². The van der Waals surface area contributed by atoms with Crippen LogP contribution < -0.4 is 0 Å². The number of nitrogens with zero attached hydrogens (tertiary/aromatic N) is 2. The van der Waals surface area contributed by atoms with Crippen molar-refractivity contribution in [2.45, 2.75) is 19.4 Å². The molecule has 1 aliphatic rings. The molecular weight excluding hydrogens is 248 g/mol. The molecule has 2 rings (SSSR count). The number of hydrogen-bond donors (Lipinski definition) is 1. The zero-order valence-electron chi connectivity index (χ0n) is 10.7. The van der Waals surface area contributed by atoms with Crippen LogP contribution in [-0.4, -0.2) is 53.6 Å². The lowest BCUT2D eigenvalue weighted by Gasteiger charge is -2.37. The van der Waals surface area contributed by atoms with Crippen LogP contribution in [0.25, 0.3) is 0 Å². The predicted octanol–water partition coefficient (Wildman–Crippen LogP) is 1.90. The molecule has 18 heavy (non-hydrogen) atoms. The van der Waals surface area contributed by atoms with Gasteiger partial charge in [-0.3, -0.25) is 9.69 Å². The third-order valence-electron chi connectivity index (χ3n) is 3.55. The highest BCUT2D eigenvalue weighted by molar-refractivity contribution is 7.10. The summed E-state index contributed by atoms with van der Waals surface area (Å²) >= 11 is 1.81. The molecule has 0 amide bonds. The van der Waals surface area contributed by atoms with Crippen molar-refractivity contribution < 1.29 is 9.90 Å². The molecule has 1 unspecified atom stereocenters. The summed E-state index contributed by atoms with van der Waals surface area (Å²) in [7, 11) is 0. The van der Waals surface area contributed by atoms with E-state index in [0.717, 1.165) is 26.2 Å². The van der Waals surface area contributed by atoms with Crippen LogP contribution in [0.3, 0.4) is 0 Å². The molecule has 1 N–H and O–H groups in total. The zero-order valence-corrected chi connectivity index (χ0v) is 11.5. The van der Waals surface area contributed by atoms with E-state index in [0.29, 0.717) is 12.6 Å². The molecule has 1 aromatic heterocycles. The molecule has 0 bridgehead atoms. The van der Waals surface area contributed by atoms with Crippen molar-refractivity contribution in [3.05, 3.63) is 22.4 Å². The highest BCUT2D eigenvalue weighted by atomic mass is 32.1. The first kappa shape index (κ1) is 13.5. The number of thiophene rings is 1. The fraction of sp³-hybridized carbons (Fsp3) is 0.615. The zero-order chi connectivity index (χ0) is 13.0. The molecule has 1 aromatic rings. The van der Waals surface area contributed by atoms with Crippen LogP contribution in [0.2, 0.25) is 0 Å². The SMILES string of the molecule is CC(c1cccs1)N1CCN(CCC(=O)O)CC1. The smallest absolute Gasteiger partial charge is 0.304 e.